The minimum Gasteiger partial charge on any atom is -0.301 e. The average molecular weight is 278 g/mol. The van der Waals surface area contributed by atoms with Crippen molar-refractivity contribution in [2.45, 2.75) is 12.1 Å². The summed E-state index contributed by atoms with van der Waals surface area (Å²) in [6.45, 7) is 1.53. The van der Waals surface area contributed by atoms with Gasteiger partial charge < -0.3 is 4.98 Å². The summed E-state index contributed by atoms with van der Waals surface area (Å²) >= 11 is 1.24. The fourth-order valence-electron chi connectivity index (χ4n) is 1.57. The molecule has 0 aliphatic rings. The van der Waals surface area contributed by atoms with Gasteiger partial charge in [-0.2, -0.15) is 0 Å². The summed E-state index contributed by atoms with van der Waals surface area (Å²) in [5.74, 6) is -0.809. The number of nitrogens with zero attached hydrogens (tertiary/aromatic N) is 1. The Hall–Kier alpha value is -1.95. The van der Waals surface area contributed by atoms with Gasteiger partial charge in [0.1, 0.15) is 11.5 Å². The van der Waals surface area contributed by atoms with Gasteiger partial charge in [-0.25, -0.2) is 9.37 Å². The van der Waals surface area contributed by atoms with Gasteiger partial charge >= 0.3 is 0 Å². The minimum atomic E-state index is -0.419. The first-order valence-corrected chi connectivity index (χ1v) is 6.70. The number of rotatable bonds is 3. The molecule has 0 atom stereocenters. The van der Waals surface area contributed by atoms with Gasteiger partial charge in [-0.15, -0.1) is 0 Å². The van der Waals surface area contributed by atoms with Crippen LogP contribution >= 0.6 is 11.8 Å². The number of hydrogen-bond acceptors (Lipinski definition) is 4. The Bertz CT molecular complexity index is 680. The predicted molar refractivity (Wildman–Crippen MR) is 71.2 cm³/mol. The summed E-state index contributed by atoms with van der Waals surface area (Å²) < 4.78 is 12.8. The van der Waals surface area contributed by atoms with Crippen LogP contribution in [0.5, 0.6) is 0 Å². The lowest BCUT2D eigenvalue weighted by Gasteiger charge is -2.05. The van der Waals surface area contributed by atoms with Crippen molar-refractivity contribution in [1.82, 2.24) is 9.97 Å². The minimum absolute atomic E-state index is 0.0970. The van der Waals surface area contributed by atoms with Gasteiger partial charge in [-0.3, -0.25) is 9.59 Å². The highest BCUT2D eigenvalue weighted by atomic mass is 32.2. The molecule has 0 radical (unpaired) electrons. The number of carbonyl (C=O) groups is 1. The molecule has 0 aliphatic carbocycles. The van der Waals surface area contributed by atoms with Gasteiger partial charge in [0, 0.05) is 11.1 Å². The largest absolute Gasteiger partial charge is 0.301 e. The molecule has 0 unspecified atom stereocenters. The van der Waals surface area contributed by atoms with Crippen LogP contribution < -0.4 is 5.56 Å². The lowest BCUT2D eigenvalue weighted by atomic mass is 10.1. The summed E-state index contributed by atoms with van der Waals surface area (Å²) in [4.78, 5) is 30.6. The zero-order chi connectivity index (χ0) is 14.0. The predicted octanol–water partition coefficient (Wildman–Crippen LogP) is 2.17. The highest BCUT2D eigenvalue weighted by molar-refractivity contribution is 7.98. The molecule has 0 amide bonds. The van der Waals surface area contributed by atoms with Gasteiger partial charge in [0.2, 0.25) is 5.78 Å². The molecule has 4 nitrogen and oxygen atoms in total. The van der Waals surface area contributed by atoms with Crippen LogP contribution in [-0.4, -0.2) is 22.0 Å². The smallest absolute Gasteiger partial charge is 0.255 e. The summed E-state index contributed by atoms with van der Waals surface area (Å²) in [6, 6.07) is 5.15. The fourth-order valence-corrected chi connectivity index (χ4v) is 1.94. The van der Waals surface area contributed by atoms with Crippen LogP contribution in [0.1, 0.15) is 21.6 Å². The molecule has 1 N–H and O–H groups in total. The van der Waals surface area contributed by atoms with E-state index in [1.54, 1.807) is 6.26 Å². The third-order valence-corrected chi connectivity index (χ3v) is 3.22. The van der Waals surface area contributed by atoms with Crippen molar-refractivity contribution >= 4 is 17.5 Å². The standard InChI is InChI=1S/C13H11FN2O2S/c1-7-10(15-13(19-2)16-12(7)18)11(17)8-3-5-9(14)6-4-8/h3-6H,1-2H3,(H,15,16,18). The molecule has 98 valence electrons. The van der Waals surface area contributed by atoms with E-state index in [2.05, 4.69) is 9.97 Å². The molecule has 1 aromatic heterocycles. The first kappa shape index (κ1) is 13.5. The zero-order valence-electron chi connectivity index (χ0n) is 10.4. The van der Waals surface area contributed by atoms with E-state index in [4.69, 9.17) is 0 Å². The first-order valence-electron chi connectivity index (χ1n) is 5.48. The van der Waals surface area contributed by atoms with Crippen molar-refractivity contribution in [2.24, 2.45) is 0 Å². The second kappa shape index (κ2) is 5.36. The number of benzene rings is 1. The molecule has 19 heavy (non-hydrogen) atoms. The number of aromatic nitrogens is 2. The van der Waals surface area contributed by atoms with Crippen LogP contribution in [0.15, 0.2) is 34.2 Å². The molecule has 0 fully saturated rings. The number of thioether (sulfide) groups is 1. The molecule has 6 heteroatoms. The first-order chi connectivity index (χ1) is 9.02. The zero-order valence-corrected chi connectivity index (χ0v) is 11.2. The van der Waals surface area contributed by atoms with Crippen LogP contribution in [0.2, 0.25) is 0 Å². The molecule has 2 aromatic rings. The maximum Gasteiger partial charge on any atom is 0.255 e. The highest BCUT2D eigenvalue weighted by Crippen LogP contribution is 2.13. The molecule has 1 heterocycles. The summed E-state index contributed by atoms with van der Waals surface area (Å²) in [6.07, 6.45) is 1.75. The highest BCUT2D eigenvalue weighted by Gasteiger charge is 2.17. The molecule has 0 aliphatic heterocycles. The van der Waals surface area contributed by atoms with Gasteiger partial charge in [-0.1, -0.05) is 11.8 Å². The van der Waals surface area contributed by atoms with E-state index in [-0.39, 0.29) is 22.6 Å². The van der Waals surface area contributed by atoms with Crippen LogP contribution in [-0.2, 0) is 0 Å². The van der Waals surface area contributed by atoms with Crippen molar-refractivity contribution in [2.75, 3.05) is 6.26 Å². The quantitative estimate of drug-likeness (QED) is 0.531. The van der Waals surface area contributed by atoms with E-state index in [0.29, 0.717) is 10.7 Å². The Morgan fingerprint density at radius 1 is 1.32 bits per heavy atom. The summed E-state index contributed by atoms with van der Waals surface area (Å²) in [5, 5.41) is 0.376. The van der Waals surface area contributed by atoms with Crippen LogP contribution in [0.25, 0.3) is 0 Å². The lowest BCUT2D eigenvalue weighted by Crippen LogP contribution is -2.19. The van der Waals surface area contributed by atoms with Gasteiger partial charge in [0.25, 0.3) is 5.56 Å². The Labute approximate surface area is 113 Å². The topological polar surface area (TPSA) is 62.8 Å². The van der Waals surface area contributed by atoms with Crippen molar-refractivity contribution in [3.63, 3.8) is 0 Å². The van der Waals surface area contributed by atoms with Crippen LogP contribution in [0.3, 0.4) is 0 Å². The average Bonchev–Trinajstić information content (AvgIpc) is 2.41. The number of aromatic amines is 1. The molecular weight excluding hydrogens is 267 g/mol. The Morgan fingerprint density at radius 3 is 2.53 bits per heavy atom. The summed E-state index contributed by atoms with van der Waals surface area (Å²) in [7, 11) is 0. The van der Waals surface area contributed by atoms with Crippen molar-refractivity contribution in [3.05, 3.63) is 57.3 Å². The van der Waals surface area contributed by atoms with Gasteiger partial charge in [-0.05, 0) is 37.4 Å². The lowest BCUT2D eigenvalue weighted by molar-refractivity contribution is 0.103. The maximum absolute atomic E-state index is 12.8. The normalized spacial score (nSPS) is 10.5. The van der Waals surface area contributed by atoms with Crippen LogP contribution in [0.4, 0.5) is 4.39 Å². The monoisotopic (exact) mass is 278 g/mol. The van der Waals surface area contributed by atoms with E-state index >= 15 is 0 Å². The molecule has 0 saturated carbocycles. The second-order valence-corrected chi connectivity index (χ2v) is 4.68. The van der Waals surface area contributed by atoms with E-state index in [0.717, 1.165) is 0 Å². The molecule has 1 aromatic carbocycles. The molecule has 0 spiro atoms. The van der Waals surface area contributed by atoms with E-state index in [1.165, 1.54) is 43.0 Å². The van der Waals surface area contributed by atoms with Crippen molar-refractivity contribution < 1.29 is 9.18 Å². The number of H-pyrrole nitrogens is 1. The van der Waals surface area contributed by atoms with Gasteiger partial charge in [0.15, 0.2) is 5.16 Å². The molecule has 0 bridgehead atoms. The second-order valence-electron chi connectivity index (χ2n) is 3.88. The number of carbonyl (C=O) groups excluding carboxylic acids is 1. The SMILES string of the molecule is CSc1nc(C(=O)c2ccc(F)cc2)c(C)c(=O)[nH]1. The maximum atomic E-state index is 12.8. The van der Waals surface area contributed by atoms with Crippen molar-refractivity contribution in [3.8, 4) is 0 Å². The van der Waals surface area contributed by atoms with E-state index in [9.17, 15) is 14.0 Å². The Morgan fingerprint density at radius 2 is 1.95 bits per heavy atom. The van der Waals surface area contributed by atoms with Crippen LogP contribution in [0, 0.1) is 12.7 Å². The van der Waals surface area contributed by atoms with E-state index < -0.39 is 5.82 Å². The van der Waals surface area contributed by atoms with Crippen molar-refractivity contribution in [1.29, 1.82) is 0 Å². The number of hydrogen-bond donors (Lipinski definition) is 1. The Kier molecular flexibility index (Phi) is 3.80. The molecule has 0 saturated heterocycles. The number of ketones is 1. The third-order valence-electron chi connectivity index (χ3n) is 2.64. The molecular formula is C13H11FN2O2S. The number of halogens is 1. The van der Waals surface area contributed by atoms with Gasteiger partial charge in [0.05, 0.1) is 0 Å². The third kappa shape index (κ3) is 2.73. The summed E-state index contributed by atoms with van der Waals surface area (Å²) in [5.41, 5.74) is 0.311. The number of nitrogens with one attached hydrogen (secondary N) is 1. The van der Waals surface area contributed by atoms with E-state index in [1.807, 2.05) is 0 Å². The fraction of sp³-hybridized carbons (Fsp3) is 0.154. The Balaban J connectivity index is 2.52. The molecule has 2 rings (SSSR count).